The number of rotatable bonds is 2. The largest absolute Gasteiger partial charge is 0.366 e. The Hall–Kier alpha value is -1.46. The van der Waals surface area contributed by atoms with E-state index in [-0.39, 0.29) is 5.91 Å². The van der Waals surface area contributed by atoms with E-state index in [0.29, 0.717) is 19.0 Å². The average molecular weight is 249 g/mol. The monoisotopic (exact) mass is 249 g/mol. The number of nitrogens with zero attached hydrogens (tertiary/aromatic N) is 2. The van der Waals surface area contributed by atoms with E-state index in [0.717, 1.165) is 17.8 Å². The first-order chi connectivity index (χ1) is 8.54. The third-order valence-electron chi connectivity index (χ3n) is 2.91. The maximum Gasteiger partial charge on any atom is 0.255 e. The van der Waals surface area contributed by atoms with E-state index in [4.69, 9.17) is 4.74 Å². The van der Waals surface area contributed by atoms with E-state index in [1.54, 1.807) is 0 Å². The average Bonchev–Trinajstić information content (AvgIpc) is 2.27. The SMILES string of the molecule is Cc1cc(C)nc(NC(=O)[C@@H]2CN(C)CCO2)c1. The van der Waals surface area contributed by atoms with E-state index in [9.17, 15) is 4.79 Å². The second-order valence-electron chi connectivity index (χ2n) is 4.78. The number of ether oxygens (including phenoxy) is 1. The number of aromatic nitrogens is 1. The zero-order chi connectivity index (χ0) is 13.1. The molecule has 0 spiro atoms. The first-order valence-corrected chi connectivity index (χ1v) is 6.11. The van der Waals surface area contributed by atoms with Crippen LogP contribution in [0.15, 0.2) is 12.1 Å². The zero-order valence-corrected chi connectivity index (χ0v) is 11.1. The summed E-state index contributed by atoms with van der Waals surface area (Å²) in [6.45, 7) is 5.97. The Kier molecular flexibility index (Phi) is 3.93. The van der Waals surface area contributed by atoms with E-state index < -0.39 is 6.10 Å². The summed E-state index contributed by atoms with van der Waals surface area (Å²) < 4.78 is 5.46. The van der Waals surface area contributed by atoms with Gasteiger partial charge in [-0.15, -0.1) is 0 Å². The molecule has 1 aliphatic rings. The lowest BCUT2D eigenvalue weighted by molar-refractivity contribution is -0.132. The normalized spacial score (nSPS) is 20.7. The van der Waals surface area contributed by atoms with Gasteiger partial charge in [0.05, 0.1) is 6.61 Å². The number of likely N-dealkylation sites (N-methyl/N-ethyl adjacent to an activating group) is 1. The molecular weight excluding hydrogens is 230 g/mol. The number of hydrogen-bond acceptors (Lipinski definition) is 4. The van der Waals surface area contributed by atoms with Gasteiger partial charge in [-0.25, -0.2) is 4.98 Å². The van der Waals surface area contributed by atoms with Gasteiger partial charge in [0, 0.05) is 18.8 Å². The van der Waals surface area contributed by atoms with Crippen molar-refractivity contribution in [3.8, 4) is 0 Å². The molecule has 2 rings (SSSR count). The Morgan fingerprint density at radius 1 is 1.50 bits per heavy atom. The van der Waals surface area contributed by atoms with Gasteiger partial charge in [-0.2, -0.15) is 0 Å². The molecule has 1 aliphatic heterocycles. The summed E-state index contributed by atoms with van der Waals surface area (Å²) in [6, 6.07) is 3.83. The molecule has 1 aromatic heterocycles. The van der Waals surface area contributed by atoms with Crippen LogP contribution >= 0.6 is 0 Å². The number of anilines is 1. The van der Waals surface area contributed by atoms with Gasteiger partial charge in [0.25, 0.3) is 5.91 Å². The van der Waals surface area contributed by atoms with Crippen LogP contribution in [0.5, 0.6) is 0 Å². The van der Waals surface area contributed by atoms with Gasteiger partial charge in [0.15, 0.2) is 0 Å². The van der Waals surface area contributed by atoms with Crippen LogP contribution in [0, 0.1) is 13.8 Å². The molecular formula is C13H19N3O2. The first-order valence-electron chi connectivity index (χ1n) is 6.11. The van der Waals surface area contributed by atoms with Crippen molar-refractivity contribution in [2.24, 2.45) is 0 Å². The summed E-state index contributed by atoms with van der Waals surface area (Å²) in [5.74, 6) is 0.466. The molecule has 1 fully saturated rings. The molecule has 0 unspecified atom stereocenters. The maximum atomic E-state index is 12.0. The Morgan fingerprint density at radius 2 is 2.28 bits per heavy atom. The molecule has 1 aromatic rings. The first kappa shape index (κ1) is 13.0. The topological polar surface area (TPSA) is 54.5 Å². The molecule has 1 atom stereocenters. The summed E-state index contributed by atoms with van der Waals surface area (Å²) in [5, 5.41) is 2.81. The number of nitrogens with one attached hydrogen (secondary N) is 1. The highest BCUT2D eigenvalue weighted by atomic mass is 16.5. The number of pyridine rings is 1. The van der Waals surface area contributed by atoms with Crippen molar-refractivity contribution in [1.82, 2.24) is 9.88 Å². The van der Waals surface area contributed by atoms with Crippen LogP contribution in [0.4, 0.5) is 5.82 Å². The number of amides is 1. The van der Waals surface area contributed by atoms with Crippen LogP contribution in [0.25, 0.3) is 0 Å². The number of carbonyl (C=O) groups is 1. The van der Waals surface area contributed by atoms with Gasteiger partial charge in [-0.05, 0) is 38.6 Å². The smallest absolute Gasteiger partial charge is 0.255 e. The van der Waals surface area contributed by atoms with Crippen LogP contribution in [0.1, 0.15) is 11.3 Å². The van der Waals surface area contributed by atoms with E-state index >= 15 is 0 Å². The summed E-state index contributed by atoms with van der Waals surface area (Å²) in [4.78, 5) is 18.4. The quantitative estimate of drug-likeness (QED) is 0.848. The Bertz CT molecular complexity index is 428. The van der Waals surface area contributed by atoms with Gasteiger partial charge in [-0.1, -0.05) is 0 Å². The van der Waals surface area contributed by atoms with Crippen LogP contribution in [0.2, 0.25) is 0 Å². The molecule has 0 bridgehead atoms. The van der Waals surface area contributed by atoms with Gasteiger partial charge in [0.1, 0.15) is 11.9 Å². The molecule has 0 radical (unpaired) electrons. The predicted molar refractivity (Wildman–Crippen MR) is 69.6 cm³/mol. The third kappa shape index (κ3) is 3.27. The molecule has 5 nitrogen and oxygen atoms in total. The summed E-state index contributed by atoms with van der Waals surface area (Å²) in [5.41, 5.74) is 1.98. The second-order valence-corrected chi connectivity index (χ2v) is 4.78. The van der Waals surface area contributed by atoms with Crippen molar-refractivity contribution in [1.29, 1.82) is 0 Å². The highest BCUT2D eigenvalue weighted by Gasteiger charge is 2.25. The molecule has 1 saturated heterocycles. The lowest BCUT2D eigenvalue weighted by atomic mass is 10.2. The van der Waals surface area contributed by atoms with Gasteiger partial charge < -0.3 is 15.0 Å². The van der Waals surface area contributed by atoms with Gasteiger partial charge >= 0.3 is 0 Å². The van der Waals surface area contributed by atoms with Gasteiger partial charge in [0.2, 0.25) is 0 Å². The molecule has 2 heterocycles. The highest BCUT2D eigenvalue weighted by Crippen LogP contribution is 2.11. The minimum Gasteiger partial charge on any atom is -0.366 e. The van der Waals surface area contributed by atoms with Crippen molar-refractivity contribution >= 4 is 11.7 Å². The maximum absolute atomic E-state index is 12.0. The Labute approximate surface area is 107 Å². The number of morpholine rings is 1. The lowest BCUT2D eigenvalue weighted by Crippen LogP contribution is -2.46. The molecule has 5 heteroatoms. The van der Waals surface area contributed by atoms with Crippen molar-refractivity contribution < 1.29 is 9.53 Å². The molecule has 18 heavy (non-hydrogen) atoms. The van der Waals surface area contributed by atoms with Crippen LogP contribution in [0.3, 0.4) is 0 Å². The molecule has 1 amide bonds. The lowest BCUT2D eigenvalue weighted by Gasteiger charge is -2.28. The highest BCUT2D eigenvalue weighted by molar-refractivity contribution is 5.93. The van der Waals surface area contributed by atoms with E-state index in [1.807, 2.05) is 33.0 Å². The minimum atomic E-state index is -0.411. The Balaban J connectivity index is 2.02. The third-order valence-corrected chi connectivity index (χ3v) is 2.91. The molecule has 0 saturated carbocycles. The van der Waals surface area contributed by atoms with Crippen LogP contribution in [-0.4, -0.2) is 48.6 Å². The standard InChI is InChI=1S/C13H19N3O2/c1-9-6-10(2)14-12(7-9)15-13(17)11-8-16(3)4-5-18-11/h6-7,11H,4-5,8H2,1-3H3,(H,14,15,17)/t11-/m0/s1. The Morgan fingerprint density at radius 3 is 2.94 bits per heavy atom. The number of hydrogen-bond donors (Lipinski definition) is 1. The van der Waals surface area contributed by atoms with Crippen molar-refractivity contribution in [2.45, 2.75) is 20.0 Å². The van der Waals surface area contributed by atoms with E-state index in [1.165, 1.54) is 0 Å². The zero-order valence-electron chi connectivity index (χ0n) is 11.1. The van der Waals surface area contributed by atoms with E-state index in [2.05, 4.69) is 15.2 Å². The van der Waals surface area contributed by atoms with Crippen molar-refractivity contribution in [3.63, 3.8) is 0 Å². The summed E-state index contributed by atoms with van der Waals surface area (Å²) in [7, 11) is 1.98. The minimum absolute atomic E-state index is 0.126. The van der Waals surface area contributed by atoms with Crippen molar-refractivity contribution in [2.75, 3.05) is 32.1 Å². The molecule has 0 aromatic carbocycles. The fourth-order valence-corrected chi connectivity index (χ4v) is 2.05. The van der Waals surface area contributed by atoms with Crippen LogP contribution < -0.4 is 5.32 Å². The van der Waals surface area contributed by atoms with Crippen molar-refractivity contribution in [3.05, 3.63) is 23.4 Å². The second kappa shape index (κ2) is 5.46. The van der Waals surface area contributed by atoms with Gasteiger partial charge in [-0.3, -0.25) is 4.79 Å². The summed E-state index contributed by atoms with van der Waals surface area (Å²) >= 11 is 0. The molecule has 98 valence electrons. The fraction of sp³-hybridized carbons (Fsp3) is 0.538. The van der Waals surface area contributed by atoms with Crippen LogP contribution in [-0.2, 0) is 9.53 Å². The fourth-order valence-electron chi connectivity index (χ4n) is 2.05. The summed E-state index contributed by atoms with van der Waals surface area (Å²) in [6.07, 6.45) is -0.411. The number of carbonyl (C=O) groups excluding carboxylic acids is 1. The predicted octanol–water partition coefficient (Wildman–Crippen LogP) is 0.968. The molecule has 0 aliphatic carbocycles. The number of aryl methyl sites for hydroxylation is 2. The molecule has 1 N–H and O–H groups in total.